The van der Waals surface area contributed by atoms with Crippen LogP contribution in [0.15, 0.2) is 30.8 Å². The van der Waals surface area contributed by atoms with E-state index in [2.05, 4.69) is 65.5 Å². The fourth-order valence-corrected chi connectivity index (χ4v) is 2.28. The Morgan fingerprint density at radius 3 is 2.00 bits per heavy atom. The molecule has 1 unspecified atom stereocenters. The molecular formula is C17H26. The first kappa shape index (κ1) is 14.0. The summed E-state index contributed by atoms with van der Waals surface area (Å²) in [6.07, 6.45) is 3.13. The van der Waals surface area contributed by atoms with Crippen LogP contribution in [0.25, 0.3) is 6.08 Å². The van der Waals surface area contributed by atoms with Crippen molar-refractivity contribution in [2.75, 3.05) is 0 Å². The van der Waals surface area contributed by atoms with Crippen molar-refractivity contribution < 1.29 is 0 Å². The van der Waals surface area contributed by atoms with Crippen LogP contribution in [0, 0.1) is 11.3 Å². The van der Waals surface area contributed by atoms with Gasteiger partial charge in [0.1, 0.15) is 0 Å². The summed E-state index contributed by atoms with van der Waals surface area (Å²) >= 11 is 0. The molecule has 0 bridgehead atoms. The standard InChI is InChI=1S/C17H26/c1-7-14-8-10-15(11-9-14)16(13(2)3)12-17(4,5)6/h7-11,13,16H,1,12H2,2-6H3. The highest BCUT2D eigenvalue weighted by Crippen LogP contribution is 2.36. The Kier molecular flexibility index (Phi) is 4.56. The Morgan fingerprint density at radius 1 is 1.12 bits per heavy atom. The fourth-order valence-electron chi connectivity index (χ4n) is 2.28. The molecule has 0 saturated carbocycles. The van der Waals surface area contributed by atoms with Crippen LogP contribution in [-0.4, -0.2) is 0 Å². The monoisotopic (exact) mass is 230 g/mol. The lowest BCUT2D eigenvalue weighted by atomic mass is 9.76. The van der Waals surface area contributed by atoms with Gasteiger partial charge in [0, 0.05) is 0 Å². The van der Waals surface area contributed by atoms with E-state index >= 15 is 0 Å². The summed E-state index contributed by atoms with van der Waals surface area (Å²) < 4.78 is 0. The molecule has 0 aromatic heterocycles. The zero-order valence-electron chi connectivity index (χ0n) is 12.0. The van der Waals surface area contributed by atoms with E-state index < -0.39 is 0 Å². The van der Waals surface area contributed by atoms with Crippen molar-refractivity contribution in [3.8, 4) is 0 Å². The number of rotatable bonds is 4. The lowest BCUT2D eigenvalue weighted by Crippen LogP contribution is -2.16. The highest BCUT2D eigenvalue weighted by Gasteiger charge is 2.22. The first-order valence-corrected chi connectivity index (χ1v) is 6.56. The highest BCUT2D eigenvalue weighted by atomic mass is 14.3. The summed E-state index contributed by atoms with van der Waals surface area (Å²) in [4.78, 5) is 0. The van der Waals surface area contributed by atoms with Gasteiger partial charge in [-0.25, -0.2) is 0 Å². The molecule has 0 fully saturated rings. The molecule has 0 aliphatic rings. The van der Waals surface area contributed by atoms with Gasteiger partial charge < -0.3 is 0 Å². The second-order valence-corrected chi connectivity index (χ2v) is 6.49. The third kappa shape index (κ3) is 4.38. The van der Waals surface area contributed by atoms with Gasteiger partial charge >= 0.3 is 0 Å². The van der Waals surface area contributed by atoms with Gasteiger partial charge in [-0.15, -0.1) is 0 Å². The SMILES string of the molecule is C=Cc1ccc(C(CC(C)(C)C)C(C)C)cc1. The summed E-state index contributed by atoms with van der Waals surface area (Å²) in [5.74, 6) is 1.33. The highest BCUT2D eigenvalue weighted by molar-refractivity contribution is 5.47. The molecule has 0 radical (unpaired) electrons. The van der Waals surface area contributed by atoms with E-state index in [1.165, 1.54) is 17.5 Å². The van der Waals surface area contributed by atoms with Crippen molar-refractivity contribution in [1.82, 2.24) is 0 Å². The van der Waals surface area contributed by atoms with E-state index in [0.717, 1.165) is 0 Å². The average molecular weight is 230 g/mol. The molecule has 1 atom stereocenters. The van der Waals surface area contributed by atoms with E-state index in [1.807, 2.05) is 6.08 Å². The molecule has 0 spiro atoms. The summed E-state index contributed by atoms with van der Waals surface area (Å²) in [6, 6.07) is 8.85. The van der Waals surface area contributed by atoms with Crippen LogP contribution in [0.5, 0.6) is 0 Å². The Hall–Kier alpha value is -1.04. The van der Waals surface area contributed by atoms with E-state index in [-0.39, 0.29) is 0 Å². The average Bonchev–Trinajstić information content (AvgIpc) is 2.25. The van der Waals surface area contributed by atoms with Crippen LogP contribution >= 0.6 is 0 Å². The molecule has 0 aliphatic carbocycles. The minimum atomic E-state index is 0.381. The van der Waals surface area contributed by atoms with Gasteiger partial charge in [0.2, 0.25) is 0 Å². The lowest BCUT2D eigenvalue weighted by Gasteiger charge is -2.29. The van der Waals surface area contributed by atoms with E-state index in [4.69, 9.17) is 0 Å². The molecule has 0 aliphatic heterocycles. The molecule has 94 valence electrons. The normalized spacial score (nSPS) is 13.8. The van der Waals surface area contributed by atoms with Gasteiger partial charge in [0.05, 0.1) is 0 Å². The van der Waals surface area contributed by atoms with Crippen LogP contribution in [0.3, 0.4) is 0 Å². The maximum Gasteiger partial charge on any atom is -0.0134 e. The van der Waals surface area contributed by atoms with Gasteiger partial charge in [-0.2, -0.15) is 0 Å². The van der Waals surface area contributed by atoms with Crippen molar-refractivity contribution in [1.29, 1.82) is 0 Å². The minimum Gasteiger partial charge on any atom is -0.0985 e. The third-order valence-corrected chi connectivity index (χ3v) is 3.24. The summed E-state index contributed by atoms with van der Waals surface area (Å²) in [6.45, 7) is 15.4. The maximum atomic E-state index is 3.80. The summed E-state index contributed by atoms with van der Waals surface area (Å²) in [5, 5.41) is 0. The molecule has 0 N–H and O–H groups in total. The lowest BCUT2D eigenvalue weighted by molar-refractivity contribution is 0.301. The quantitative estimate of drug-likeness (QED) is 0.640. The second-order valence-electron chi connectivity index (χ2n) is 6.49. The summed E-state index contributed by atoms with van der Waals surface area (Å²) in [5.41, 5.74) is 3.04. The molecule has 0 nitrogen and oxygen atoms in total. The molecule has 0 amide bonds. The fraction of sp³-hybridized carbons (Fsp3) is 0.529. The number of hydrogen-bond acceptors (Lipinski definition) is 0. The van der Waals surface area contributed by atoms with Crippen LogP contribution in [0.2, 0.25) is 0 Å². The topological polar surface area (TPSA) is 0 Å². The molecule has 0 heteroatoms. The van der Waals surface area contributed by atoms with Crippen LogP contribution in [0.1, 0.15) is 58.1 Å². The van der Waals surface area contributed by atoms with Crippen LogP contribution in [0.4, 0.5) is 0 Å². The first-order valence-electron chi connectivity index (χ1n) is 6.56. The van der Waals surface area contributed by atoms with Crippen molar-refractivity contribution in [2.45, 2.75) is 47.0 Å². The zero-order chi connectivity index (χ0) is 13.1. The third-order valence-electron chi connectivity index (χ3n) is 3.24. The molecule has 1 aromatic carbocycles. The molecule has 1 aromatic rings. The van der Waals surface area contributed by atoms with Crippen molar-refractivity contribution in [3.63, 3.8) is 0 Å². The van der Waals surface area contributed by atoms with Crippen molar-refractivity contribution >= 4 is 6.08 Å². The van der Waals surface area contributed by atoms with E-state index in [1.54, 1.807) is 0 Å². The van der Waals surface area contributed by atoms with E-state index in [9.17, 15) is 0 Å². The Labute approximate surface area is 107 Å². The molecule has 1 rings (SSSR count). The van der Waals surface area contributed by atoms with Crippen LogP contribution in [-0.2, 0) is 0 Å². The minimum absolute atomic E-state index is 0.381. The second kappa shape index (κ2) is 5.53. The Bertz CT molecular complexity index is 349. The number of benzene rings is 1. The van der Waals surface area contributed by atoms with Crippen molar-refractivity contribution in [3.05, 3.63) is 42.0 Å². The largest absolute Gasteiger partial charge is 0.0985 e. The van der Waals surface area contributed by atoms with Gasteiger partial charge in [0.15, 0.2) is 0 Å². The van der Waals surface area contributed by atoms with Gasteiger partial charge in [0.25, 0.3) is 0 Å². The van der Waals surface area contributed by atoms with Crippen LogP contribution < -0.4 is 0 Å². The molecule has 0 saturated heterocycles. The Morgan fingerprint density at radius 2 is 1.65 bits per heavy atom. The first-order chi connectivity index (χ1) is 7.83. The van der Waals surface area contributed by atoms with Gasteiger partial charge in [-0.1, -0.05) is 71.5 Å². The van der Waals surface area contributed by atoms with E-state index in [0.29, 0.717) is 17.3 Å². The predicted octanol–water partition coefficient (Wildman–Crippen LogP) is 5.51. The molecule has 0 heterocycles. The molecular weight excluding hydrogens is 204 g/mol. The maximum absolute atomic E-state index is 3.80. The zero-order valence-corrected chi connectivity index (χ0v) is 12.0. The molecule has 17 heavy (non-hydrogen) atoms. The van der Waals surface area contributed by atoms with Crippen molar-refractivity contribution in [2.24, 2.45) is 11.3 Å². The predicted molar refractivity (Wildman–Crippen MR) is 78.2 cm³/mol. The Balaban J connectivity index is 2.93. The van der Waals surface area contributed by atoms with Gasteiger partial charge in [-0.05, 0) is 34.8 Å². The van der Waals surface area contributed by atoms with Gasteiger partial charge in [-0.3, -0.25) is 0 Å². The summed E-state index contributed by atoms with van der Waals surface area (Å²) in [7, 11) is 0. The smallest absolute Gasteiger partial charge is 0.0134 e. The number of hydrogen-bond donors (Lipinski definition) is 0.